The first-order chi connectivity index (χ1) is 7.66. The summed E-state index contributed by atoms with van der Waals surface area (Å²) in [6.07, 6.45) is 0. The molecule has 6 heteroatoms. The molecule has 0 spiro atoms. The van der Waals surface area contributed by atoms with Gasteiger partial charge in [-0.2, -0.15) is 5.10 Å². The quantitative estimate of drug-likeness (QED) is 0.607. The molecule has 0 aliphatic carbocycles. The number of hydrazine groups is 1. The van der Waals surface area contributed by atoms with E-state index in [0.29, 0.717) is 5.69 Å². The molecule has 0 radical (unpaired) electrons. The maximum atomic E-state index is 11.1. The summed E-state index contributed by atoms with van der Waals surface area (Å²) >= 11 is 0. The molecule has 6 nitrogen and oxygen atoms in total. The summed E-state index contributed by atoms with van der Waals surface area (Å²) in [4.78, 5) is 22.2. The van der Waals surface area contributed by atoms with Crippen LogP contribution in [0.1, 0.15) is 5.56 Å². The SMILES string of the molecule is Cc1ccc(NN=C2C(=O)NNC2=O)cc1. The highest BCUT2D eigenvalue weighted by molar-refractivity contribution is 6.67. The van der Waals surface area contributed by atoms with Gasteiger partial charge in [0.1, 0.15) is 0 Å². The molecule has 2 rings (SSSR count). The molecule has 0 unspecified atom stereocenters. The van der Waals surface area contributed by atoms with Crippen LogP contribution in [-0.2, 0) is 9.59 Å². The maximum Gasteiger partial charge on any atom is 0.295 e. The third-order valence-corrected chi connectivity index (χ3v) is 2.07. The van der Waals surface area contributed by atoms with Crippen molar-refractivity contribution >= 4 is 23.2 Å². The fraction of sp³-hybridized carbons (Fsp3) is 0.100. The molecule has 1 aromatic rings. The van der Waals surface area contributed by atoms with E-state index in [1.165, 1.54) is 0 Å². The van der Waals surface area contributed by atoms with Crippen molar-refractivity contribution in [3.05, 3.63) is 29.8 Å². The Morgan fingerprint density at radius 2 is 1.62 bits per heavy atom. The molecule has 1 aromatic carbocycles. The lowest BCUT2D eigenvalue weighted by Crippen LogP contribution is -2.28. The van der Waals surface area contributed by atoms with Gasteiger partial charge in [-0.3, -0.25) is 25.9 Å². The Morgan fingerprint density at radius 1 is 1.06 bits per heavy atom. The average molecular weight is 218 g/mol. The van der Waals surface area contributed by atoms with Crippen molar-refractivity contribution in [3.8, 4) is 0 Å². The Labute approximate surface area is 91.7 Å². The zero-order chi connectivity index (χ0) is 11.5. The molecule has 0 bridgehead atoms. The van der Waals surface area contributed by atoms with Crippen LogP contribution in [0.25, 0.3) is 0 Å². The van der Waals surface area contributed by atoms with Crippen molar-refractivity contribution in [1.82, 2.24) is 10.9 Å². The van der Waals surface area contributed by atoms with Gasteiger partial charge in [0, 0.05) is 0 Å². The summed E-state index contributed by atoms with van der Waals surface area (Å²) < 4.78 is 0. The number of amides is 2. The number of carbonyl (C=O) groups is 2. The summed E-state index contributed by atoms with van der Waals surface area (Å²) in [6.45, 7) is 1.97. The van der Waals surface area contributed by atoms with E-state index in [1.54, 1.807) is 0 Å². The molecule has 1 aliphatic rings. The Bertz CT molecular complexity index is 446. The van der Waals surface area contributed by atoms with E-state index in [1.807, 2.05) is 31.2 Å². The van der Waals surface area contributed by atoms with Gasteiger partial charge in [0.05, 0.1) is 5.69 Å². The first-order valence-corrected chi connectivity index (χ1v) is 4.68. The van der Waals surface area contributed by atoms with E-state index in [4.69, 9.17) is 0 Å². The Hall–Kier alpha value is -2.37. The second-order valence-corrected chi connectivity index (χ2v) is 3.35. The number of nitrogens with one attached hydrogen (secondary N) is 3. The van der Waals surface area contributed by atoms with Crippen LogP contribution < -0.4 is 16.3 Å². The van der Waals surface area contributed by atoms with E-state index in [9.17, 15) is 9.59 Å². The van der Waals surface area contributed by atoms with Gasteiger partial charge < -0.3 is 0 Å². The van der Waals surface area contributed by atoms with Crippen LogP contribution in [0.4, 0.5) is 5.69 Å². The summed E-state index contributed by atoms with van der Waals surface area (Å²) in [5.41, 5.74) is 8.61. The van der Waals surface area contributed by atoms with Crippen molar-refractivity contribution in [2.45, 2.75) is 6.92 Å². The number of hydrogen-bond donors (Lipinski definition) is 3. The fourth-order valence-corrected chi connectivity index (χ4v) is 1.19. The number of anilines is 1. The molecule has 0 aromatic heterocycles. The van der Waals surface area contributed by atoms with E-state index in [-0.39, 0.29) is 5.71 Å². The van der Waals surface area contributed by atoms with Gasteiger partial charge in [-0.15, -0.1) is 0 Å². The van der Waals surface area contributed by atoms with Crippen LogP contribution in [0, 0.1) is 6.92 Å². The second kappa shape index (κ2) is 4.01. The topological polar surface area (TPSA) is 82.6 Å². The molecule has 1 aliphatic heterocycles. The Morgan fingerprint density at radius 3 is 2.19 bits per heavy atom. The molecule has 1 saturated heterocycles. The highest BCUT2D eigenvalue weighted by Gasteiger charge is 2.27. The largest absolute Gasteiger partial charge is 0.295 e. The predicted octanol–water partition coefficient (Wildman–Crippen LogP) is -0.0761. The number of benzene rings is 1. The van der Waals surface area contributed by atoms with Crippen LogP contribution in [0.3, 0.4) is 0 Å². The fourth-order valence-electron chi connectivity index (χ4n) is 1.19. The number of carbonyl (C=O) groups excluding carboxylic acids is 2. The molecular weight excluding hydrogens is 208 g/mol. The van der Waals surface area contributed by atoms with E-state index in [0.717, 1.165) is 5.56 Å². The minimum absolute atomic E-state index is 0.180. The van der Waals surface area contributed by atoms with Gasteiger partial charge in [0.15, 0.2) is 0 Å². The molecule has 2 amide bonds. The predicted molar refractivity (Wildman–Crippen MR) is 58.5 cm³/mol. The van der Waals surface area contributed by atoms with Crippen LogP contribution >= 0.6 is 0 Å². The smallest absolute Gasteiger partial charge is 0.278 e. The molecular formula is C10H10N4O2. The lowest BCUT2D eigenvalue weighted by Gasteiger charge is -2.00. The lowest BCUT2D eigenvalue weighted by molar-refractivity contribution is -0.116. The Kier molecular flexibility index (Phi) is 2.55. The molecule has 3 N–H and O–H groups in total. The maximum absolute atomic E-state index is 11.1. The summed E-state index contributed by atoms with van der Waals surface area (Å²) in [5.74, 6) is -1.07. The van der Waals surface area contributed by atoms with Crippen LogP contribution in [0.5, 0.6) is 0 Å². The molecule has 0 atom stereocenters. The van der Waals surface area contributed by atoms with Crippen LogP contribution in [0.2, 0.25) is 0 Å². The number of hydrazone groups is 1. The Balaban J connectivity index is 2.11. The zero-order valence-electron chi connectivity index (χ0n) is 8.57. The van der Waals surface area contributed by atoms with Crippen molar-refractivity contribution in [1.29, 1.82) is 0 Å². The van der Waals surface area contributed by atoms with Crippen molar-refractivity contribution in [2.24, 2.45) is 5.10 Å². The molecule has 82 valence electrons. The van der Waals surface area contributed by atoms with E-state index < -0.39 is 11.8 Å². The number of nitrogens with zero attached hydrogens (tertiary/aromatic N) is 1. The molecule has 0 saturated carbocycles. The van der Waals surface area contributed by atoms with Crippen LogP contribution in [-0.4, -0.2) is 17.5 Å². The summed E-state index contributed by atoms with van der Waals surface area (Å²) in [6, 6.07) is 7.42. The van der Waals surface area contributed by atoms with Gasteiger partial charge >= 0.3 is 0 Å². The molecule has 16 heavy (non-hydrogen) atoms. The standard InChI is InChI=1S/C10H10N4O2/c1-6-2-4-7(5-3-6)11-12-8-9(15)13-14-10(8)16/h2-5,11H,1H3,(H2,12,13,14,15,16). The lowest BCUT2D eigenvalue weighted by atomic mass is 10.2. The van der Waals surface area contributed by atoms with Gasteiger partial charge in [0.25, 0.3) is 11.8 Å². The van der Waals surface area contributed by atoms with Gasteiger partial charge in [-0.1, -0.05) is 17.7 Å². The summed E-state index contributed by atoms with van der Waals surface area (Å²) in [7, 11) is 0. The zero-order valence-corrected chi connectivity index (χ0v) is 8.57. The van der Waals surface area contributed by atoms with Crippen LogP contribution in [0.15, 0.2) is 29.4 Å². The third-order valence-electron chi connectivity index (χ3n) is 2.07. The van der Waals surface area contributed by atoms with Crippen molar-refractivity contribution < 1.29 is 9.59 Å². The van der Waals surface area contributed by atoms with E-state index >= 15 is 0 Å². The highest BCUT2D eigenvalue weighted by atomic mass is 16.2. The molecule has 1 heterocycles. The van der Waals surface area contributed by atoms with Gasteiger partial charge in [-0.25, -0.2) is 0 Å². The first kappa shape index (κ1) is 10.2. The summed E-state index contributed by atoms with van der Waals surface area (Å²) in [5, 5.41) is 3.73. The number of hydrogen-bond acceptors (Lipinski definition) is 4. The minimum atomic E-state index is -0.537. The van der Waals surface area contributed by atoms with Gasteiger partial charge in [0.2, 0.25) is 5.71 Å². The number of aryl methyl sites for hydroxylation is 1. The van der Waals surface area contributed by atoms with Crippen molar-refractivity contribution in [3.63, 3.8) is 0 Å². The van der Waals surface area contributed by atoms with Crippen molar-refractivity contribution in [2.75, 3.05) is 5.43 Å². The third kappa shape index (κ3) is 2.00. The number of rotatable bonds is 2. The molecule has 1 fully saturated rings. The normalized spacial score (nSPS) is 14.4. The monoisotopic (exact) mass is 218 g/mol. The second-order valence-electron chi connectivity index (χ2n) is 3.35. The van der Waals surface area contributed by atoms with E-state index in [2.05, 4.69) is 21.4 Å². The first-order valence-electron chi connectivity index (χ1n) is 4.68. The average Bonchev–Trinajstić information content (AvgIpc) is 2.59. The van der Waals surface area contributed by atoms with Gasteiger partial charge in [-0.05, 0) is 19.1 Å². The highest BCUT2D eigenvalue weighted by Crippen LogP contribution is 2.08. The minimum Gasteiger partial charge on any atom is -0.278 e.